The third-order valence-electron chi connectivity index (χ3n) is 5.27. The lowest BCUT2D eigenvalue weighted by atomic mass is 10.2. The van der Waals surface area contributed by atoms with Crippen molar-refractivity contribution < 1.29 is 19.1 Å². The number of hydrogen-bond donors (Lipinski definition) is 1. The zero-order chi connectivity index (χ0) is 18.7. The van der Waals surface area contributed by atoms with Gasteiger partial charge in [0.05, 0.1) is 25.3 Å². The molecular formula is C19H31NO4Si. The van der Waals surface area contributed by atoms with Crippen molar-refractivity contribution in [1.82, 2.24) is 4.90 Å². The average Bonchev–Trinajstić information content (AvgIpc) is 2.92. The van der Waals surface area contributed by atoms with Crippen LogP contribution in [-0.4, -0.2) is 49.7 Å². The van der Waals surface area contributed by atoms with Crippen LogP contribution in [0.1, 0.15) is 32.8 Å². The molecule has 1 N–H and O–H groups in total. The number of likely N-dealkylation sites (tertiary alicyclic amines) is 1. The molecule has 140 valence electrons. The van der Waals surface area contributed by atoms with Crippen molar-refractivity contribution >= 4 is 14.4 Å². The van der Waals surface area contributed by atoms with Gasteiger partial charge in [0.15, 0.2) is 8.32 Å². The summed E-state index contributed by atoms with van der Waals surface area (Å²) in [6.45, 7) is 11.9. The summed E-state index contributed by atoms with van der Waals surface area (Å²) in [5.41, 5.74) is 0.949. The van der Waals surface area contributed by atoms with Crippen molar-refractivity contribution in [3.63, 3.8) is 0 Å². The van der Waals surface area contributed by atoms with E-state index in [1.165, 1.54) is 0 Å². The molecule has 1 fully saturated rings. The molecule has 1 aromatic carbocycles. The highest BCUT2D eigenvalue weighted by Gasteiger charge is 2.41. The Morgan fingerprint density at radius 1 is 1.28 bits per heavy atom. The number of amides is 1. The predicted molar refractivity (Wildman–Crippen MR) is 101 cm³/mol. The summed E-state index contributed by atoms with van der Waals surface area (Å²) >= 11 is 0. The van der Waals surface area contributed by atoms with Gasteiger partial charge in [0, 0.05) is 0 Å². The van der Waals surface area contributed by atoms with E-state index in [4.69, 9.17) is 9.16 Å². The first-order valence-electron chi connectivity index (χ1n) is 8.89. The van der Waals surface area contributed by atoms with E-state index in [2.05, 4.69) is 33.9 Å². The van der Waals surface area contributed by atoms with Crippen LogP contribution >= 0.6 is 0 Å². The number of ether oxygens (including phenoxy) is 1. The lowest BCUT2D eigenvalue weighted by Gasteiger charge is -2.37. The van der Waals surface area contributed by atoms with E-state index in [1.54, 1.807) is 4.90 Å². The molecule has 0 saturated carbocycles. The predicted octanol–water partition coefficient (Wildman–Crippen LogP) is 3.78. The van der Waals surface area contributed by atoms with Gasteiger partial charge in [-0.15, -0.1) is 0 Å². The molecular weight excluding hydrogens is 334 g/mol. The highest BCUT2D eigenvalue weighted by molar-refractivity contribution is 6.74. The maximum atomic E-state index is 12.4. The number of carbonyl (C=O) groups excluding carboxylic acids is 1. The Bertz CT molecular complexity index is 571. The zero-order valence-corrected chi connectivity index (χ0v) is 17.0. The fourth-order valence-corrected chi connectivity index (χ4v) is 3.64. The van der Waals surface area contributed by atoms with Crippen molar-refractivity contribution in [3.8, 4) is 0 Å². The van der Waals surface area contributed by atoms with Gasteiger partial charge in [0.1, 0.15) is 6.61 Å². The number of benzene rings is 1. The molecule has 0 aromatic heterocycles. The molecule has 2 unspecified atom stereocenters. The Balaban J connectivity index is 1.93. The third kappa shape index (κ3) is 5.30. The number of β-amino-alcohol motifs (C(OH)–C–C–N with tert-alkyl or cyclic N) is 1. The van der Waals surface area contributed by atoms with E-state index in [9.17, 15) is 9.90 Å². The molecule has 1 aromatic rings. The largest absolute Gasteiger partial charge is 0.445 e. The Kier molecular flexibility index (Phi) is 6.29. The van der Waals surface area contributed by atoms with Crippen molar-refractivity contribution in [2.75, 3.05) is 13.2 Å². The van der Waals surface area contributed by atoms with E-state index in [0.717, 1.165) is 5.56 Å². The van der Waals surface area contributed by atoms with E-state index in [-0.39, 0.29) is 23.8 Å². The maximum absolute atomic E-state index is 12.4. The Labute approximate surface area is 152 Å². The number of hydrogen-bond acceptors (Lipinski definition) is 4. The highest BCUT2D eigenvalue weighted by Crippen LogP contribution is 2.37. The van der Waals surface area contributed by atoms with Gasteiger partial charge >= 0.3 is 6.09 Å². The van der Waals surface area contributed by atoms with Crippen LogP contribution in [0.25, 0.3) is 0 Å². The SMILES string of the molecule is CC(C)(C)[Si](C)(C)OCC1CC(O)CN1C(=O)OCc1ccccc1. The smallest absolute Gasteiger partial charge is 0.410 e. The van der Waals surface area contributed by atoms with Crippen LogP contribution in [0.5, 0.6) is 0 Å². The summed E-state index contributed by atoms with van der Waals surface area (Å²) < 4.78 is 11.7. The van der Waals surface area contributed by atoms with E-state index >= 15 is 0 Å². The van der Waals surface area contributed by atoms with Crippen LogP contribution in [0.4, 0.5) is 4.79 Å². The second kappa shape index (κ2) is 7.89. The molecule has 2 atom stereocenters. The molecule has 1 aliphatic heterocycles. The molecule has 1 saturated heterocycles. The summed E-state index contributed by atoms with van der Waals surface area (Å²) in [5, 5.41) is 10.1. The van der Waals surface area contributed by atoms with Crippen molar-refractivity contribution in [2.45, 2.75) is 64.1 Å². The second-order valence-electron chi connectivity index (χ2n) is 8.31. The van der Waals surface area contributed by atoms with Gasteiger partial charge in [-0.1, -0.05) is 51.1 Å². The minimum Gasteiger partial charge on any atom is -0.445 e. The quantitative estimate of drug-likeness (QED) is 0.807. The first-order valence-corrected chi connectivity index (χ1v) is 11.8. The molecule has 2 rings (SSSR count). The standard InChI is InChI=1S/C19H31NO4Si/c1-19(2,3)25(4,5)24-14-16-11-17(21)12-20(16)18(22)23-13-15-9-7-6-8-10-15/h6-10,16-17,21H,11-14H2,1-5H3. The normalized spacial score (nSPS) is 21.4. The van der Waals surface area contributed by atoms with Gasteiger partial charge in [-0.3, -0.25) is 0 Å². The van der Waals surface area contributed by atoms with Crippen molar-refractivity contribution in [2.24, 2.45) is 0 Å². The van der Waals surface area contributed by atoms with E-state index in [1.807, 2.05) is 30.3 Å². The zero-order valence-electron chi connectivity index (χ0n) is 16.0. The van der Waals surface area contributed by atoms with Crippen LogP contribution in [0, 0.1) is 0 Å². The minimum atomic E-state index is -1.89. The molecule has 1 heterocycles. The van der Waals surface area contributed by atoms with E-state index in [0.29, 0.717) is 19.6 Å². The summed E-state index contributed by atoms with van der Waals surface area (Å²) in [4.78, 5) is 14.1. The first-order chi connectivity index (χ1) is 11.6. The van der Waals surface area contributed by atoms with E-state index < -0.39 is 14.4 Å². The molecule has 1 amide bonds. The Hall–Kier alpha value is -1.37. The average molecular weight is 366 g/mol. The van der Waals surface area contributed by atoms with Crippen LogP contribution < -0.4 is 0 Å². The minimum absolute atomic E-state index is 0.114. The van der Waals surface area contributed by atoms with Gasteiger partial charge < -0.3 is 19.2 Å². The fourth-order valence-electron chi connectivity index (χ4n) is 2.60. The lowest BCUT2D eigenvalue weighted by Crippen LogP contribution is -2.46. The Morgan fingerprint density at radius 2 is 1.92 bits per heavy atom. The molecule has 0 aliphatic carbocycles. The molecule has 6 heteroatoms. The van der Waals surface area contributed by atoms with Crippen LogP contribution in [0.15, 0.2) is 30.3 Å². The van der Waals surface area contributed by atoms with Crippen LogP contribution in [-0.2, 0) is 15.8 Å². The monoisotopic (exact) mass is 365 g/mol. The number of nitrogens with zero attached hydrogens (tertiary/aromatic N) is 1. The van der Waals surface area contributed by atoms with Gasteiger partial charge in [0.25, 0.3) is 0 Å². The second-order valence-corrected chi connectivity index (χ2v) is 13.1. The molecule has 0 radical (unpaired) electrons. The van der Waals surface area contributed by atoms with Crippen LogP contribution in [0.2, 0.25) is 18.1 Å². The number of aliphatic hydroxyl groups excluding tert-OH is 1. The molecule has 5 nitrogen and oxygen atoms in total. The van der Waals surface area contributed by atoms with Gasteiger partial charge in [0.2, 0.25) is 0 Å². The molecule has 25 heavy (non-hydrogen) atoms. The number of aliphatic hydroxyl groups is 1. The van der Waals surface area contributed by atoms with Gasteiger partial charge in [-0.25, -0.2) is 4.79 Å². The van der Waals surface area contributed by atoms with Crippen molar-refractivity contribution in [1.29, 1.82) is 0 Å². The van der Waals surface area contributed by atoms with Gasteiger partial charge in [-0.2, -0.15) is 0 Å². The van der Waals surface area contributed by atoms with Gasteiger partial charge in [-0.05, 0) is 30.1 Å². The summed E-state index contributed by atoms with van der Waals surface area (Å²) in [6, 6.07) is 9.47. The molecule has 0 bridgehead atoms. The summed E-state index contributed by atoms with van der Waals surface area (Å²) in [7, 11) is -1.89. The topological polar surface area (TPSA) is 59.0 Å². The lowest BCUT2D eigenvalue weighted by molar-refractivity contribution is 0.0783. The highest BCUT2D eigenvalue weighted by atomic mass is 28.4. The Morgan fingerprint density at radius 3 is 2.52 bits per heavy atom. The van der Waals surface area contributed by atoms with Crippen molar-refractivity contribution in [3.05, 3.63) is 35.9 Å². The molecule has 1 aliphatic rings. The number of carbonyl (C=O) groups is 1. The van der Waals surface area contributed by atoms with Crippen LogP contribution in [0.3, 0.4) is 0 Å². The summed E-state index contributed by atoms with van der Waals surface area (Å²) in [5.74, 6) is 0. The number of rotatable bonds is 5. The fraction of sp³-hybridized carbons (Fsp3) is 0.632. The third-order valence-corrected chi connectivity index (χ3v) is 9.78. The molecule has 0 spiro atoms. The maximum Gasteiger partial charge on any atom is 0.410 e. The first kappa shape index (κ1) is 19.9. The summed E-state index contributed by atoms with van der Waals surface area (Å²) in [6.07, 6.45) is -0.365.